The van der Waals surface area contributed by atoms with Gasteiger partial charge in [0, 0.05) is 16.0 Å². The first-order chi connectivity index (χ1) is 9.06. The Hall–Kier alpha value is -1.52. The van der Waals surface area contributed by atoms with E-state index in [1.807, 2.05) is 6.92 Å². The topological polar surface area (TPSA) is 43.4 Å². The molecule has 3 rings (SSSR count). The van der Waals surface area contributed by atoms with Gasteiger partial charge in [0.2, 0.25) is 0 Å². The number of hydrogen-bond acceptors (Lipinski definition) is 3. The lowest BCUT2D eigenvalue weighted by atomic mass is 10.1. The minimum Gasteiger partial charge on any atom is -0.452 e. The maximum Gasteiger partial charge on any atom is 0.263 e. The van der Waals surface area contributed by atoms with Gasteiger partial charge in [-0.05, 0) is 53.2 Å². The highest BCUT2D eigenvalue weighted by Crippen LogP contribution is 2.29. The predicted octanol–water partition coefficient (Wildman–Crippen LogP) is 4.98. The molecule has 0 atom stereocenters. The van der Waals surface area contributed by atoms with Crippen LogP contribution in [0.25, 0.3) is 11.0 Å². The fourth-order valence-corrected chi connectivity index (χ4v) is 2.44. The summed E-state index contributed by atoms with van der Waals surface area (Å²) < 4.78 is 11.4. The van der Waals surface area contributed by atoms with E-state index in [1.54, 1.807) is 30.3 Å². The molecule has 3 nitrogen and oxygen atoms in total. The lowest BCUT2D eigenvalue weighted by molar-refractivity contribution is 0.0983. The molecule has 3 aromatic rings. The van der Waals surface area contributed by atoms with Gasteiger partial charge in [-0.15, -0.1) is 0 Å². The third kappa shape index (κ3) is 2.11. The van der Waals surface area contributed by atoms with Crippen molar-refractivity contribution < 1.29 is 13.6 Å². The molecular weight excluding hydrogens is 332 g/mol. The standard InChI is InChI=1S/C14H8BrClO3/c1-7-9-6-8(16)2-3-10(9)19-14(7)13(17)11-4-5-12(15)18-11/h2-6H,1H3. The summed E-state index contributed by atoms with van der Waals surface area (Å²) in [5, 5.41) is 1.44. The minimum atomic E-state index is -0.282. The van der Waals surface area contributed by atoms with Crippen molar-refractivity contribution >= 4 is 44.3 Å². The zero-order valence-electron chi connectivity index (χ0n) is 9.87. The lowest BCUT2D eigenvalue weighted by Crippen LogP contribution is -1.99. The quantitative estimate of drug-likeness (QED) is 0.618. The summed E-state index contributed by atoms with van der Waals surface area (Å²) in [6, 6.07) is 8.53. The summed E-state index contributed by atoms with van der Waals surface area (Å²) in [5.74, 6) is 0.231. The fraction of sp³-hybridized carbons (Fsp3) is 0.0714. The smallest absolute Gasteiger partial charge is 0.263 e. The van der Waals surface area contributed by atoms with Crippen LogP contribution in [0.5, 0.6) is 0 Å². The van der Waals surface area contributed by atoms with Gasteiger partial charge < -0.3 is 8.83 Å². The van der Waals surface area contributed by atoms with Gasteiger partial charge in [0.05, 0.1) is 0 Å². The van der Waals surface area contributed by atoms with Crippen LogP contribution in [0, 0.1) is 6.92 Å². The molecule has 0 fully saturated rings. The summed E-state index contributed by atoms with van der Waals surface area (Å²) in [5.41, 5.74) is 1.39. The Morgan fingerprint density at radius 3 is 2.68 bits per heavy atom. The number of halogens is 2. The van der Waals surface area contributed by atoms with Gasteiger partial charge in [-0.1, -0.05) is 11.6 Å². The van der Waals surface area contributed by atoms with E-state index in [2.05, 4.69) is 15.9 Å². The molecule has 0 unspecified atom stereocenters. The van der Waals surface area contributed by atoms with E-state index in [0.717, 1.165) is 10.9 Å². The van der Waals surface area contributed by atoms with Crippen LogP contribution in [0.4, 0.5) is 0 Å². The summed E-state index contributed by atoms with van der Waals surface area (Å²) >= 11 is 9.12. The van der Waals surface area contributed by atoms with Crippen LogP contribution >= 0.6 is 27.5 Å². The molecule has 19 heavy (non-hydrogen) atoms. The lowest BCUT2D eigenvalue weighted by Gasteiger charge is -1.94. The average Bonchev–Trinajstić information content (AvgIpc) is 2.94. The number of ketones is 1. The molecular formula is C14H8BrClO3. The van der Waals surface area contributed by atoms with E-state index in [4.69, 9.17) is 20.4 Å². The first-order valence-electron chi connectivity index (χ1n) is 5.55. The minimum absolute atomic E-state index is 0.236. The second-order valence-electron chi connectivity index (χ2n) is 4.13. The van der Waals surface area contributed by atoms with Gasteiger partial charge >= 0.3 is 0 Å². The molecule has 0 bridgehead atoms. The Balaban J connectivity index is 2.15. The Morgan fingerprint density at radius 2 is 2.00 bits per heavy atom. The molecule has 0 amide bonds. The number of hydrogen-bond donors (Lipinski definition) is 0. The van der Waals surface area contributed by atoms with E-state index < -0.39 is 0 Å². The summed E-state index contributed by atoms with van der Waals surface area (Å²) in [4.78, 5) is 12.3. The maximum atomic E-state index is 12.3. The first kappa shape index (κ1) is 12.5. The monoisotopic (exact) mass is 338 g/mol. The SMILES string of the molecule is Cc1c(C(=O)c2ccc(Br)o2)oc2ccc(Cl)cc12. The molecule has 0 N–H and O–H groups in total. The Bertz CT molecular complexity index is 785. The number of furan rings is 2. The number of carbonyl (C=O) groups is 1. The summed E-state index contributed by atoms with van der Waals surface area (Å²) in [6.45, 7) is 1.83. The molecule has 0 spiro atoms. The van der Waals surface area contributed by atoms with Gasteiger partial charge in [0.15, 0.2) is 16.2 Å². The van der Waals surface area contributed by atoms with Crippen molar-refractivity contribution in [1.82, 2.24) is 0 Å². The second-order valence-corrected chi connectivity index (χ2v) is 5.35. The van der Waals surface area contributed by atoms with Crippen LogP contribution < -0.4 is 0 Å². The van der Waals surface area contributed by atoms with Crippen molar-refractivity contribution in [2.24, 2.45) is 0 Å². The van der Waals surface area contributed by atoms with Gasteiger partial charge in [-0.25, -0.2) is 0 Å². The first-order valence-corrected chi connectivity index (χ1v) is 6.72. The van der Waals surface area contributed by atoms with E-state index in [9.17, 15) is 4.79 Å². The molecule has 0 aliphatic carbocycles. The van der Waals surface area contributed by atoms with E-state index in [1.165, 1.54) is 0 Å². The van der Waals surface area contributed by atoms with E-state index >= 15 is 0 Å². The molecule has 2 heterocycles. The predicted molar refractivity (Wildman–Crippen MR) is 75.8 cm³/mol. The van der Waals surface area contributed by atoms with Crippen molar-refractivity contribution in [1.29, 1.82) is 0 Å². The van der Waals surface area contributed by atoms with Gasteiger partial charge in [0.25, 0.3) is 5.78 Å². The average molecular weight is 340 g/mol. The highest BCUT2D eigenvalue weighted by molar-refractivity contribution is 9.10. The zero-order chi connectivity index (χ0) is 13.6. The molecule has 0 aliphatic rings. The molecule has 0 saturated heterocycles. The van der Waals surface area contributed by atoms with Crippen molar-refractivity contribution in [2.45, 2.75) is 6.92 Å². The third-order valence-electron chi connectivity index (χ3n) is 2.90. The number of fused-ring (bicyclic) bond motifs is 1. The maximum absolute atomic E-state index is 12.3. The van der Waals surface area contributed by atoms with E-state index in [0.29, 0.717) is 15.3 Å². The van der Waals surface area contributed by atoms with Crippen LogP contribution in [0.3, 0.4) is 0 Å². The van der Waals surface area contributed by atoms with Crippen LogP contribution in [0.1, 0.15) is 21.9 Å². The van der Waals surface area contributed by atoms with Gasteiger partial charge in [-0.3, -0.25) is 4.79 Å². The van der Waals surface area contributed by atoms with Crippen molar-refractivity contribution in [3.63, 3.8) is 0 Å². The molecule has 0 radical (unpaired) electrons. The van der Waals surface area contributed by atoms with Crippen molar-refractivity contribution in [2.75, 3.05) is 0 Å². The zero-order valence-corrected chi connectivity index (χ0v) is 12.2. The molecule has 0 aliphatic heterocycles. The highest BCUT2D eigenvalue weighted by Gasteiger charge is 2.21. The third-order valence-corrected chi connectivity index (χ3v) is 3.56. The Labute approximate surface area is 122 Å². The summed E-state index contributed by atoms with van der Waals surface area (Å²) in [7, 11) is 0. The van der Waals surface area contributed by atoms with Crippen LogP contribution in [-0.4, -0.2) is 5.78 Å². The van der Waals surface area contributed by atoms with Crippen LogP contribution in [-0.2, 0) is 0 Å². The highest BCUT2D eigenvalue weighted by atomic mass is 79.9. The number of benzene rings is 1. The van der Waals surface area contributed by atoms with Crippen LogP contribution in [0.15, 0.2) is 43.8 Å². The van der Waals surface area contributed by atoms with Crippen LogP contribution in [0.2, 0.25) is 5.02 Å². The largest absolute Gasteiger partial charge is 0.452 e. The molecule has 2 aromatic heterocycles. The molecule has 5 heteroatoms. The van der Waals surface area contributed by atoms with E-state index in [-0.39, 0.29) is 17.3 Å². The molecule has 0 saturated carbocycles. The molecule has 1 aromatic carbocycles. The number of aryl methyl sites for hydroxylation is 1. The Kier molecular flexibility index (Phi) is 2.99. The molecule has 96 valence electrons. The number of carbonyl (C=O) groups excluding carboxylic acids is 1. The summed E-state index contributed by atoms with van der Waals surface area (Å²) in [6.07, 6.45) is 0. The normalized spacial score (nSPS) is 11.1. The second kappa shape index (κ2) is 4.54. The van der Waals surface area contributed by atoms with Crippen molar-refractivity contribution in [3.8, 4) is 0 Å². The van der Waals surface area contributed by atoms with Crippen molar-refractivity contribution in [3.05, 3.63) is 57.1 Å². The fourth-order valence-electron chi connectivity index (χ4n) is 1.96. The number of rotatable bonds is 2. The van der Waals surface area contributed by atoms with Gasteiger partial charge in [0.1, 0.15) is 5.58 Å². The van der Waals surface area contributed by atoms with Gasteiger partial charge in [-0.2, -0.15) is 0 Å². The Morgan fingerprint density at radius 1 is 1.21 bits per heavy atom.